The van der Waals surface area contributed by atoms with Gasteiger partial charge in [0, 0.05) is 26.1 Å². The van der Waals surface area contributed by atoms with Crippen molar-refractivity contribution >= 4 is 24.2 Å². The van der Waals surface area contributed by atoms with Crippen molar-refractivity contribution in [3.63, 3.8) is 0 Å². The highest BCUT2D eigenvalue weighted by molar-refractivity contribution is 5.87. The van der Waals surface area contributed by atoms with E-state index in [4.69, 9.17) is 0 Å². The fourth-order valence-electron chi connectivity index (χ4n) is 2.92. The van der Waals surface area contributed by atoms with Crippen molar-refractivity contribution in [2.24, 2.45) is 0 Å². The smallest absolute Gasteiger partial charge is 0.240 e. The molecular formula is C13H24ClN3O2. The third-order valence-electron chi connectivity index (χ3n) is 4.24. The molecule has 0 aromatic carbocycles. The van der Waals surface area contributed by atoms with Crippen LogP contribution in [0.2, 0.25) is 0 Å². The Morgan fingerprint density at radius 2 is 2.32 bits per heavy atom. The van der Waals surface area contributed by atoms with Crippen LogP contribution in [0.4, 0.5) is 0 Å². The number of amides is 2. The molecule has 110 valence electrons. The zero-order chi connectivity index (χ0) is 13.2. The first-order chi connectivity index (χ1) is 8.57. The molecule has 0 aliphatic carbocycles. The molecule has 2 N–H and O–H groups in total. The summed E-state index contributed by atoms with van der Waals surface area (Å²) in [5.74, 6) is 0.278. The molecule has 0 aromatic rings. The lowest BCUT2D eigenvalue weighted by molar-refractivity contribution is -0.135. The van der Waals surface area contributed by atoms with Gasteiger partial charge < -0.3 is 15.5 Å². The Balaban J connectivity index is 0.00000180. The number of piperidine rings is 1. The van der Waals surface area contributed by atoms with Gasteiger partial charge in [0.05, 0.1) is 5.54 Å². The van der Waals surface area contributed by atoms with Gasteiger partial charge in [-0.3, -0.25) is 9.59 Å². The van der Waals surface area contributed by atoms with Crippen molar-refractivity contribution in [1.82, 2.24) is 15.5 Å². The maximum atomic E-state index is 12.4. The largest absolute Gasteiger partial charge is 0.350 e. The molecule has 2 rings (SSSR count). The number of carbonyl (C=O) groups excluding carboxylic acids is 2. The quantitative estimate of drug-likeness (QED) is 0.803. The summed E-state index contributed by atoms with van der Waals surface area (Å²) in [5.41, 5.74) is -0.375. The van der Waals surface area contributed by atoms with Crippen LogP contribution in [0.1, 0.15) is 39.0 Å². The molecule has 2 atom stereocenters. The van der Waals surface area contributed by atoms with Gasteiger partial charge >= 0.3 is 0 Å². The minimum atomic E-state index is -0.375. The third kappa shape index (κ3) is 3.39. The zero-order valence-corrected chi connectivity index (χ0v) is 12.5. The summed E-state index contributed by atoms with van der Waals surface area (Å²) < 4.78 is 0. The van der Waals surface area contributed by atoms with Crippen LogP contribution in [0.3, 0.4) is 0 Å². The number of hydrogen-bond donors (Lipinski definition) is 2. The highest BCUT2D eigenvalue weighted by atomic mass is 35.5. The topological polar surface area (TPSA) is 61.4 Å². The molecule has 0 bridgehead atoms. The highest BCUT2D eigenvalue weighted by Crippen LogP contribution is 2.23. The first-order valence-electron chi connectivity index (χ1n) is 6.87. The number of rotatable bonds is 3. The van der Waals surface area contributed by atoms with Crippen molar-refractivity contribution in [2.75, 3.05) is 20.1 Å². The fourth-order valence-corrected chi connectivity index (χ4v) is 2.92. The van der Waals surface area contributed by atoms with E-state index in [-0.39, 0.29) is 35.8 Å². The Bertz CT molecular complexity index is 343. The molecule has 2 aliphatic heterocycles. The molecule has 2 fully saturated rings. The molecule has 0 aromatic heterocycles. The van der Waals surface area contributed by atoms with Crippen LogP contribution in [0.25, 0.3) is 0 Å². The van der Waals surface area contributed by atoms with E-state index < -0.39 is 0 Å². The predicted molar refractivity (Wildman–Crippen MR) is 76.3 cm³/mol. The Hall–Kier alpha value is -0.810. The molecule has 2 aliphatic rings. The third-order valence-corrected chi connectivity index (χ3v) is 4.24. The van der Waals surface area contributed by atoms with E-state index in [0.717, 1.165) is 32.2 Å². The normalized spacial score (nSPS) is 30.9. The zero-order valence-electron chi connectivity index (χ0n) is 11.7. The number of hydrogen-bond acceptors (Lipinski definition) is 3. The summed E-state index contributed by atoms with van der Waals surface area (Å²) in [5, 5.41) is 6.44. The molecular weight excluding hydrogens is 266 g/mol. The van der Waals surface area contributed by atoms with E-state index >= 15 is 0 Å². The van der Waals surface area contributed by atoms with E-state index in [9.17, 15) is 9.59 Å². The molecule has 19 heavy (non-hydrogen) atoms. The average Bonchev–Trinajstić information content (AvgIpc) is 2.84. The molecule has 2 unspecified atom stereocenters. The second-order valence-corrected chi connectivity index (χ2v) is 5.45. The fraction of sp³-hybridized carbons (Fsp3) is 0.846. The summed E-state index contributed by atoms with van der Waals surface area (Å²) in [6.45, 7) is 3.60. The summed E-state index contributed by atoms with van der Waals surface area (Å²) in [7, 11) is 1.80. The molecule has 5 nitrogen and oxygen atoms in total. The first-order valence-corrected chi connectivity index (χ1v) is 6.87. The lowest BCUT2D eigenvalue weighted by atomic mass is 9.92. The predicted octanol–water partition coefficient (Wildman–Crippen LogP) is 0.677. The van der Waals surface area contributed by atoms with Crippen molar-refractivity contribution in [2.45, 2.75) is 50.6 Å². The van der Waals surface area contributed by atoms with Crippen LogP contribution in [0.15, 0.2) is 0 Å². The van der Waals surface area contributed by atoms with Crippen molar-refractivity contribution in [1.29, 1.82) is 0 Å². The van der Waals surface area contributed by atoms with Gasteiger partial charge in [0.15, 0.2) is 0 Å². The number of halogens is 1. The van der Waals surface area contributed by atoms with Gasteiger partial charge in [0.25, 0.3) is 0 Å². The Morgan fingerprint density at radius 1 is 1.58 bits per heavy atom. The van der Waals surface area contributed by atoms with E-state index in [2.05, 4.69) is 17.6 Å². The molecule has 0 radical (unpaired) electrons. The van der Waals surface area contributed by atoms with Gasteiger partial charge in [-0.25, -0.2) is 0 Å². The Morgan fingerprint density at radius 3 is 2.84 bits per heavy atom. The Kier molecular flexibility index (Phi) is 5.62. The van der Waals surface area contributed by atoms with Crippen LogP contribution in [0.5, 0.6) is 0 Å². The second-order valence-electron chi connectivity index (χ2n) is 5.45. The maximum absolute atomic E-state index is 12.4. The van der Waals surface area contributed by atoms with Crippen molar-refractivity contribution in [3.05, 3.63) is 0 Å². The molecule has 2 amide bonds. The van der Waals surface area contributed by atoms with Gasteiger partial charge in [-0.2, -0.15) is 0 Å². The summed E-state index contributed by atoms with van der Waals surface area (Å²) in [4.78, 5) is 25.5. The minimum Gasteiger partial charge on any atom is -0.350 e. The van der Waals surface area contributed by atoms with E-state index in [1.165, 1.54) is 0 Å². The lowest BCUT2D eigenvalue weighted by Crippen LogP contribution is -2.58. The number of likely N-dealkylation sites (N-methyl/N-ethyl adjacent to an activating group) is 1. The molecule has 2 heterocycles. The van der Waals surface area contributed by atoms with Gasteiger partial charge in [0.2, 0.25) is 11.8 Å². The molecule has 2 saturated heterocycles. The number of carbonyl (C=O) groups is 2. The standard InChI is InChI=1S/C13H23N3O2.ClH/c1-3-13(7-4-8-14-13)12(18)15-10-5-6-11(17)16(2)9-10;/h10,14H,3-9H2,1-2H3,(H,15,18);1H. The van der Waals surface area contributed by atoms with Crippen LogP contribution < -0.4 is 10.6 Å². The molecule has 0 spiro atoms. The van der Waals surface area contributed by atoms with E-state index in [1.807, 2.05) is 0 Å². The Labute approximate surface area is 120 Å². The summed E-state index contributed by atoms with van der Waals surface area (Å²) in [6, 6.07) is 0.103. The van der Waals surface area contributed by atoms with Gasteiger partial charge in [-0.15, -0.1) is 12.4 Å². The first kappa shape index (κ1) is 16.2. The number of likely N-dealkylation sites (tertiary alicyclic amines) is 1. The van der Waals surface area contributed by atoms with Gasteiger partial charge in [-0.1, -0.05) is 6.92 Å². The average molecular weight is 290 g/mol. The monoisotopic (exact) mass is 289 g/mol. The second kappa shape index (κ2) is 6.57. The van der Waals surface area contributed by atoms with Crippen LogP contribution in [0, 0.1) is 0 Å². The van der Waals surface area contributed by atoms with Crippen LogP contribution in [-0.4, -0.2) is 48.4 Å². The van der Waals surface area contributed by atoms with Gasteiger partial charge in [0.1, 0.15) is 0 Å². The van der Waals surface area contributed by atoms with E-state index in [1.54, 1.807) is 11.9 Å². The molecule has 0 saturated carbocycles. The minimum absolute atomic E-state index is 0. The van der Waals surface area contributed by atoms with Crippen molar-refractivity contribution < 1.29 is 9.59 Å². The lowest BCUT2D eigenvalue weighted by Gasteiger charge is -2.34. The maximum Gasteiger partial charge on any atom is 0.240 e. The summed E-state index contributed by atoms with van der Waals surface area (Å²) >= 11 is 0. The molecule has 6 heteroatoms. The van der Waals surface area contributed by atoms with E-state index in [0.29, 0.717) is 13.0 Å². The SMILES string of the molecule is CCC1(C(=O)NC2CCC(=O)N(C)C2)CCCN1.Cl. The van der Waals surface area contributed by atoms with Crippen LogP contribution in [-0.2, 0) is 9.59 Å². The van der Waals surface area contributed by atoms with Crippen LogP contribution >= 0.6 is 12.4 Å². The number of nitrogens with zero attached hydrogens (tertiary/aromatic N) is 1. The number of nitrogens with one attached hydrogen (secondary N) is 2. The van der Waals surface area contributed by atoms with Gasteiger partial charge in [-0.05, 0) is 32.2 Å². The van der Waals surface area contributed by atoms with Crippen molar-refractivity contribution in [3.8, 4) is 0 Å². The summed E-state index contributed by atoms with van der Waals surface area (Å²) in [6.07, 6.45) is 4.09. The highest BCUT2D eigenvalue weighted by Gasteiger charge is 2.40.